The highest BCUT2D eigenvalue weighted by atomic mass is 19.2. The third kappa shape index (κ3) is 3.07. The van der Waals surface area contributed by atoms with E-state index in [1.807, 2.05) is 72.8 Å². The number of halogens is 4. The topological polar surface area (TPSA) is 0 Å². The molecule has 190 valence electrons. The van der Waals surface area contributed by atoms with Gasteiger partial charge in [0.05, 0.1) is 0 Å². The van der Waals surface area contributed by atoms with Gasteiger partial charge in [0.25, 0.3) is 0 Å². The van der Waals surface area contributed by atoms with Gasteiger partial charge in [0.15, 0.2) is 17.5 Å². The number of rotatable bonds is 2. The first-order valence-electron chi connectivity index (χ1n) is 13.0. The standard InChI is InChI=1S/C36H18F4/c37-29-16-12-20-9-13-26-27(14-10-19-11-15-28(29)34(20)33(19)26)35-24-7-3-1-5-22(24)32(23-6-2-4-8-25(23)35)21-17-30(38)36(40)31(39)18-21/h1-18H. The largest absolute Gasteiger partial charge is 0.206 e. The molecule has 0 heterocycles. The molecule has 0 saturated carbocycles. The van der Waals surface area contributed by atoms with Gasteiger partial charge in [0.1, 0.15) is 5.82 Å². The SMILES string of the molecule is Fc1cc(-c2c3ccccc3c(-c3ccc4ccc5c(F)ccc6ccc3c4c65)c3ccccc23)cc(F)c1F. The van der Waals surface area contributed by atoms with Crippen LogP contribution in [-0.2, 0) is 0 Å². The van der Waals surface area contributed by atoms with Crippen LogP contribution in [0.15, 0.2) is 109 Å². The molecule has 0 saturated heterocycles. The molecular formula is C36H18F4. The van der Waals surface area contributed by atoms with Crippen molar-refractivity contribution in [2.45, 2.75) is 0 Å². The van der Waals surface area contributed by atoms with E-state index < -0.39 is 17.5 Å². The van der Waals surface area contributed by atoms with Crippen molar-refractivity contribution in [2.24, 2.45) is 0 Å². The quantitative estimate of drug-likeness (QED) is 0.0910. The van der Waals surface area contributed by atoms with Gasteiger partial charge in [0.2, 0.25) is 0 Å². The van der Waals surface area contributed by atoms with Crippen molar-refractivity contribution in [1.29, 1.82) is 0 Å². The van der Waals surface area contributed by atoms with Crippen LogP contribution in [0.4, 0.5) is 17.6 Å². The van der Waals surface area contributed by atoms with E-state index in [4.69, 9.17) is 0 Å². The predicted octanol–water partition coefficient (Wildman–Crippen LogP) is 10.8. The Kier molecular flexibility index (Phi) is 4.75. The fourth-order valence-electron chi connectivity index (χ4n) is 6.41. The lowest BCUT2D eigenvalue weighted by Crippen LogP contribution is -1.95. The van der Waals surface area contributed by atoms with Crippen LogP contribution in [-0.4, -0.2) is 0 Å². The lowest BCUT2D eigenvalue weighted by molar-refractivity contribution is 0.448. The van der Waals surface area contributed by atoms with E-state index in [0.29, 0.717) is 10.9 Å². The van der Waals surface area contributed by atoms with Crippen molar-refractivity contribution in [2.75, 3.05) is 0 Å². The fourth-order valence-corrected chi connectivity index (χ4v) is 6.41. The maximum atomic E-state index is 14.9. The first kappa shape index (κ1) is 23.0. The number of benzene rings is 8. The average Bonchev–Trinajstić information content (AvgIpc) is 2.98. The summed E-state index contributed by atoms with van der Waals surface area (Å²) in [6.07, 6.45) is 0. The molecule has 0 nitrogen and oxygen atoms in total. The minimum Gasteiger partial charge on any atom is -0.206 e. The zero-order valence-electron chi connectivity index (χ0n) is 20.9. The Hall–Kier alpha value is -4.96. The average molecular weight is 527 g/mol. The third-order valence-electron chi connectivity index (χ3n) is 8.08. The van der Waals surface area contributed by atoms with Gasteiger partial charge in [-0.15, -0.1) is 0 Å². The number of fused-ring (bicyclic) bond motifs is 2. The molecule has 4 heteroatoms. The minimum atomic E-state index is -1.49. The molecule has 0 radical (unpaired) electrons. The maximum Gasteiger partial charge on any atom is 0.194 e. The summed E-state index contributed by atoms with van der Waals surface area (Å²) in [5.41, 5.74) is 2.84. The first-order chi connectivity index (χ1) is 19.5. The van der Waals surface area contributed by atoms with Gasteiger partial charge in [-0.25, -0.2) is 17.6 Å². The van der Waals surface area contributed by atoms with Crippen LogP contribution in [0.1, 0.15) is 0 Å². The summed E-state index contributed by atoms with van der Waals surface area (Å²) in [6.45, 7) is 0. The van der Waals surface area contributed by atoms with Gasteiger partial charge in [-0.05, 0) is 83.5 Å². The Morgan fingerprint density at radius 2 is 0.850 bits per heavy atom. The Morgan fingerprint density at radius 3 is 1.45 bits per heavy atom. The van der Waals surface area contributed by atoms with Gasteiger partial charge in [-0.3, -0.25) is 0 Å². The zero-order valence-corrected chi connectivity index (χ0v) is 20.9. The Labute approximate surface area is 226 Å². The number of hydrogen-bond donors (Lipinski definition) is 0. The van der Waals surface area contributed by atoms with E-state index in [9.17, 15) is 17.6 Å². The monoisotopic (exact) mass is 526 g/mol. The molecule has 8 aromatic carbocycles. The van der Waals surface area contributed by atoms with E-state index in [0.717, 1.165) is 71.7 Å². The number of hydrogen-bond acceptors (Lipinski definition) is 0. The molecule has 0 atom stereocenters. The van der Waals surface area contributed by atoms with Crippen LogP contribution in [0.2, 0.25) is 0 Å². The van der Waals surface area contributed by atoms with Crippen LogP contribution in [0.25, 0.3) is 76.1 Å². The molecule has 0 N–H and O–H groups in total. The van der Waals surface area contributed by atoms with E-state index >= 15 is 0 Å². The highest BCUT2D eigenvalue weighted by Crippen LogP contribution is 2.47. The molecule has 8 rings (SSSR count). The second-order valence-electron chi connectivity index (χ2n) is 10.2. The zero-order chi connectivity index (χ0) is 27.1. The summed E-state index contributed by atoms with van der Waals surface area (Å²) in [5, 5.41) is 8.80. The van der Waals surface area contributed by atoms with Crippen molar-refractivity contribution in [3.05, 3.63) is 132 Å². The molecule has 0 fully saturated rings. The second kappa shape index (κ2) is 8.27. The lowest BCUT2D eigenvalue weighted by atomic mass is 9.83. The Balaban J connectivity index is 1.56. The first-order valence-corrected chi connectivity index (χ1v) is 13.0. The van der Waals surface area contributed by atoms with Crippen LogP contribution >= 0.6 is 0 Å². The molecule has 40 heavy (non-hydrogen) atoms. The summed E-state index contributed by atoms with van der Waals surface area (Å²) < 4.78 is 57.6. The molecule has 0 spiro atoms. The van der Waals surface area contributed by atoms with Crippen LogP contribution in [0.3, 0.4) is 0 Å². The van der Waals surface area contributed by atoms with Crippen molar-refractivity contribution in [1.82, 2.24) is 0 Å². The van der Waals surface area contributed by atoms with Gasteiger partial charge in [0, 0.05) is 10.8 Å². The molecule has 0 aliphatic carbocycles. The summed E-state index contributed by atoms with van der Waals surface area (Å²) in [5.74, 6) is -4.21. The summed E-state index contributed by atoms with van der Waals surface area (Å²) in [4.78, 5) is 0. The molecule has 0 aliphatic heterocycles. The molecule has 0 bridgehead atoms. The highest BCUT2D eigenvalue weighted by Gasteiger charge is 2.21. The predicted molar refractivity (Wildman–Crippen MR) is 156 cm³/mol. The summed E-state index contributed by atoms with van der Waals surface area (Å²) in [6, 6.07) is 32.9. The minimum absolute atomic E-state index is 0.258. The normalized spacial score (nSPS) is 12.0. The van der Waals surface area contributed by atoms with Gasteiger partial charge >= 0.3 is 0 Å². The molecule has 8 aromatic rings. The van der Waals surface area contributed by atoms with Crippen LogP contribution in [0, 0.1) is 23.3 Å². The summed E-state index contributed by atoms with van der Waals surface area (Å²) >= 11 is 0. The molecular weight excluding hydrogens is 508 g/mol. The van der Waals surface area contributed by atoms with E-state index in [1.165, 1.54) is 6.07 Å². The Bertz CT molecular complexity index is 2240. The van der Waals surface area contributed by atoms with Gasteiger partial charge in [-0.1, -0.05) is 91.0 Å². The molecule has 0 unspecified atom stereocenters. The van der Waals surface area contributed by atoms with Crippen LogP contribution < -0.4 is 0 Å². The van der Waals surface area contributed by atoms with Crippen molar-refractivity contribution < 1.29 is 17.6 Å². The van der Waals surface area contributed by atoms with Crippen LogP contribution in [0.5, 0.6) is 0 Å². The van der Waals surface area contributed by atoms with Crippen molar-refractivity contribution >= 4 is 53.9 Å². The fraction of sp³-hybridized carbons (Fsp3) is 0. The third-order valence-corrected chi connectivity index (χ3v) is 8.08. The highest BCUT2D eigenvalue weighted by molar-refractivity contribution is 6.29. The van der Waals surface area contributed by atoms with E-state index in [2.05, 4.69) is 18.2 Å². The lowest BCUT2D eigenvalue weighted by Gasteiger charge is -2.20. The summed E-state index contributed by atoms with van der Waals surface area (Å²) in [7, 11) is 0. The molecule has 0 aromatic heterocycles. The smallest absolute Gasteiger partial charge is 0.194 e. The Morgan fingerprint density at radius 1 is 0.375 bits per heavy atom. The van der Waals surface area contributed by atoms with E-state index in [-0.39, 0.29) is 11.4 Å². The molecule has 0 aliphatic rings. The maximum absolute atomic E-state index is 14.9. The van der Waals surface area contributed by atoms with Gasteiger partial charge in [-0.2, -0.15) is 0 Å². The van der Waals surface area contributed by atoms with Crippen molar-refractivity contribution in [3.63, 3.8) is 0 Å². The second-order valence-corrected chi connectivity index (χ2v) is 10.2. The molecule has 0 amide bonds. The van der Waals surface area contributed by atoms with Crippen molar-refractivity contribution in [3.8, 4) is 22.3 Å². The van der Waals surface area contributed by atoms with Gasteiger partial charge < -0.3 is 0 Å². The van der Waals surface area contributed by atoms with E-state index in [1.54, 1.807) is 0 Å².